The summed E-state index contributed by atoms with van der Waals surface area (Å²) in [5.41, 5.74) is 0. The predicted molar refractivity (Wildman–Crippen MR) is 62.1 cm³/mol. The first-order valence-electron chi connectivity index (χ1n) is 6.38. The Labute approximate surface area is 93.2 Å². The third-order valence-electron chi connectivity index (χ3n) is 3.66. The van der Waals surface area contributed by atoms with Crippen LogP contribution >= 0.6 is 0 Å². The Morgan fingerprint density at radius 2 is 2.07 bits per heavy atom. The number of hydrogen-bond acceptors (Lipinski definition) is 3. The Kier molecular flexibility index (Phi) is 4.42. The fraction of sp³-hybridized carbons (Fsp3) is 1.00. The molecular formula is C12H24N2O. The van der Waals surface area contributed by atoms with Gasteiger partial charge in [-0.1, -0.05) is 6.92 Å². The molecule has 0 aromatic heterocycles. The first kappa shape index (κ1) is 11.4. The smallest absolute Gasteiger partial charge is 0.0594 e. The summed E-state index contributed by atoms with van der Waals surface area (Å²) in [7, 11) is 0. The maximum absolute atomic E-state index is 5.33. The molecule has 0 radical (unpaired) electrons. The summed E-state index contributed by atoms with van der Waals surface area (Å²) < 4.78 is 5.33. The van der Waals surface area contributed by atoms with Gasteiger partial charge in [0.15, 0.2) is 0 Å². The highest BCUT2D eigenvalue weighted by Gasteiger charge is 2.20. The standard InChI is InChI=1S/C12H24N2O/c1-11-2-3-12(10-11)13-4-5-14-6-8-15-9-7-14/h11-13H,2-10H2,1H3. The van der Waals surface area contributed by atoms with Crippen molar-refractivity contribution in [2.45, 2.75) is 32.2 Å². The van der Waals surface area contributed by atoms with Crippen molar-refractivity contribution in [1.29, 1.82) is 0 Å². The van der Waals surface area contributed by atoms with Crippen molar-refractivity contribution in [2.75, 3.05) is 39.4 Å². The van der Waals surface area contributed by atoms with Crippen LogP contribution in [-0.4, -0.2) is 50.3 Å². The summed E-state index contributed by atoms with van der Waals surface area (Å²) in [6.45, 7) is 8.77. The number of hydrogen-bond donors (Lipinski definition) is 1. The third-order valence-corrected chi connectivity index (χ3v) is 3.66. The molecule has 0 spiro atoms. The summed E-state index contributed by atoms with van der Waals surface area (Å²) >= 11 is 0. The molecule has 0 amide bonds. The van der Waals surface area contributed by atoms with E-state index in [-0.39, 0.29) is 0 Å². The van der Waals surface area contributed by atoms with E-state index in [4.69, 9.17) is 4.74 Å². The van der Waals surface area contributed by atoms with Crippen LogP contribution in [0.2, 0.25) is 0 Å². The van der Waals surface area contributed by atoms with Gasteiger partial charge >= 0.3 is 0 Å². The number of nitrogens with one attached hydrogen (secondary N) is 1. The monoisotopic (exact) mass is 212 g/mol. The van der Waals surface area contributed by atoms with Crippen LogP contribution in [0.5, 0.6) is 0 Å². The zero-order valence-corrected chi connectivity index (χ0v) is 9.87. The van der Waals surface area contributed by atoms with Crippen LogP contribution in [0.1, 0.15) is 26.2 Å². The minimum absolute atomic E-state index is 0.793. The summed E-state index contributed by atoms with van der Waals surface area (Å²) in [5.74, 6) is 0.936. The van der Waals surface area contributed by atoms with Gasteiger partial charge in [0.1, 0.15) is 0 Å². The largest absolute Gasteiger partial charge is 0.379 e. The van der Waals surface area contributed by atoms with Gasteiger partial charge in [-0.05, 0) is 25.2 Å². The second-order valence-corrected chi connectivity index (χ2v) is 5.02. The summed E-state index contributed by atoms with van der Waals surface area (Å²) in [4.78, 5) is 2.49. The molecule has 2 aliphatic rings. The molecule has 3 heteroatoms. The van der Waals surface area contributed by atoms with Crippen molar-refractivity contribution in [2.24, 2.45) is 5.92 Å². The van der Waals surface area contributed by atoms with Gasteiger partial charge in [-0.15, -0.1) is 0 Å². The molecule has 1 heterocycles. The van der Waals surface area contributed by atoms with Gasteiger partial charge in [0.05, 0.1) is 13.2 Å². The quantitative estimate of drug-likeness (QED) is 0.755. The molecule has 1 N–H and O–H groups in total. The van der Waals surface area contributed by atoms with E-state index in [0.29, 0.717) is 0 Å². The number of morpholine rings is 1. The Morgan fingerprint density at radius 1 is 1.27 bits per heavy atom. The SMILES string of the molecule is CC1CCC(NCCN2CCOCC2)C1. The van der Waals surface area contributed by atoms with E-state index in [1.54, 1.807) is 0 Å². The zero-order chi connectivity index (χ0) is 10.5. The van der Waals surface area contributed by atoms with Crippen LogP contribution in [0, 0.1) is 5.92 Å². The lowest BCUT2D eigenvalue weighted by Gasteiger charge is -2.27. The van der Waals surface area contributed by atoms with E-state index >= 15 is 0 Å². The molecule has 0 aromatic rings. The Bertz CT molecular complexity index is 176. The highest BCUT2D eigenvalue weighted by Crippen LogP contribution is 2.24. The fourth-order valence-electron chi connectivity index (χ4n) is 2.64. The Morgan fingerprint density at radius 3 is 2.73 bits per heavy atom. The van der Waals surface area contributed by atoms with Gasteiger partial charge in [0, 0.05) is 32.2 Å². The van der Waals surface area contributed by atoms with Crippen LogP contribution in [-0.2, 0) is 4.74 Å². The number of rotatable bonds is 4. The molecule has 1 aliphatic carbocycles. The summed E-state index contributed by atoms with van der Waals surface area (Å²) in [5, 5.41) is 3.68. The van der Waals surface area contributed by atoms with Crippen LogP contribution < -0.4 is 5.32 Å². The lowest BCUT2D eigenvalue weighted by molar-refractivity contribution is 0.0381. The molecule has 1 saturated heterocycles. The third kappa shape index (κ3) is 3.74. The van der Waals surface area contributed by atoms with Gasteiger partial charge < -0.3 is 10.1 Å². The van der Waals surface area contributed by atoms with E-state index in [9.17, 15) is 0 Å². The normalized spacial score (nSPS) is 33.4. The number of ether oxygens (including phenoxy) is 1. The van der Waals surface area contributed by atoms with Gasteiger partial charge in [-0.3, -0.25) is 4.90 Å². The van der Waals surface area contributed by atoms with Crippen molar-refractivity contribution in [3.63, 3.8) is 0 Å². The molecule has 1 aliphatic heterocycles. The molecule has 2 unspecified atom stereocenters. The second-order valence-electron chi connectivity index (χ2n) is 5.02. The zero-order valence-electron chi connectivity index (χ0n) is 9.87. The van der Waals surface area contributed by atoms with Gasteiger partial charge in [-0.2, -0.15) is 0 Å². The maximum atomic E-state index is 5.33. The molecule has 3 nitrogen and oxygen atoms in total. The molecule has 0 aromatic carbocycles. The van der Waals surface area contributed by atoms with E-state index in [1.165, 1.54) is 25.8 Å². The van der Waals surface area contributed by atoms with Gasteiger partial charge in [0.25, 0.3) is 0 Å². The molecule has 2 rings (SSSR count). The Hall–Kier alpha value is -0.120. The number of nitrogens with zero attached hydrogens (tertiary/aromatic N) is 1. The first-order valence-corrected chi connectivity index (χ1v) is 6.38. The van der Waals surface area contributed by atoms with Crippen LogP contribution in [0.25, 0.3) is 0 Å². The molecule has 1 saturated carbocycles. The van der Waals surface area contributed by atoms with Crippen LogP contribution in [0.4, 0.5) is 0 Å². The van der Waals surface area contributed by atoms with Crippen molar-refractivity contribution in [3.8, 4) is 0 Å². The second kappa shape index (κ2) is 5.83. The minimum Gasteiger partial charge on any atom is -0.379 e. The minimum atomic E-state index is 0.793. The molecule has 88 valence electrons. The highest BCUT2D eigenvalue weighted by atomic mass is 16.5. The van der Waals surface area contributed by atoms with Crippen LogP contribution in [0.15, 0.2) is 0 Å². The van der Waals surface area contributed by atoms with E-state index in [2.05, 4.69) is 17.1 Å². The molecule has 2 fully saturated rings. The fourth-order valence-corrected chi connectivity index (χ4v) is 2.64. The lowest BCUT2D eigenvalue weighted by Crippen LogP contribution is -2.41. The topological polar surface area (TPSA) is 24.5 Å². The van der Waals surface area contributed by atoms with Crippen molar-refractivity contribution >= 4 is 0 Å². The maximum Gasteiger partial charge on any atom is 0.0594 e. The average Bonchev–Trinajstić information content (AvgIpc) is 2.66. The van der Waals surface area contributed by atoms with Crippen molar-refractivity contribution in [1.82, 2.24) is 10.2 Å². The molecule has 0 bridgehead atoms. The van der Waals surface area contributed by atoms with Crippen LogP contribution in [0.3, 0.4) is 0 Å². The van der Waals surface area contributed by atoms with E-state index < -0.39 is 0 Å². The molecular weight excluding hydrogens is 188 g/mol. The van der Waals surface area contributed by atoms with Crippen molar-refractivity contribution < 1.29 is 4.74 Å². The van der Waals surface area contributed by atoms with Gasteiger partial charge in [-0.25, -0.2) is 0 Å². The Balaban J connectivity index is 1.54. The lowest BCUT2D eigenvalue weighted by atomic mass is 10.1. The van der Waals surface area contributed by atoms with E-state index in [1.807, 2.05) is 0 Å². The van der Waals surface area contributed by atoms with Gasteiger partial charge in [0.2, 0.25) is 0 Å². The predicted octanol–water partition coefficient (Wildman–Crippen LogP) is 1.10. The van der Waals surface area contributed by atoms with E-state index in [0.717, 1.165) is 44.8 Å². The average molecular weight is 212 g/mol. The van der Waals surface area contributed by atoms with Crippen molar-refractivity contribution in [3.05, 3.63) is 0 Å². The summed E-state index contributed by atoms with van der Waals surface area (Å²) in [6.07, 6.45) is 4.17. The first-order chi connectivity index (χ1) is 7.34. The highest BCUT2D eigenvalue weighted by molar-refractivity contribution is 4.78. The molecule has 2 atom stereocenters. The summed E-state index contributed by atoms with van der Waals surface area (Å²) in [6, 6.07) is 0.793. The molecule has 15 heavy (non-hydrogen) atoms.